The highest BCUT2D eigenvalue weighted by atomic mass is 19.4. The number of aryl methyl sites for hydroxylation is 1. The summed E-state index contributed by atoms with van der Waals surface area (Å²) in [5.41, 5.74) is 9.14. The second kappa shape index (κ2) is 7.77. The van der Waals surface area contributed by atoms with Gasteiger partial charge in [0.2, 0.25) is 0 Å². The molecule has 1 aliphatic heterocycles. The SMILES string of the molecule is Cc1ccc2c(Nc3ccnc(C(F)(F)F)c3)nccc2c1N1CN=C(N)c2ccccc21. The van der Waals surface area contributed by atoms with E-state index in [2.05, 4.69) is 25.2 Å². The van der Waals surface area contributed by atoms with Gasteiger partial charge in [-0.05, 0) is 42.8 Å². The van der Waals surface area contributed by atoms with Gasteiger partial charge in [-0.25, -0.2) is 9.98 Å². The third-order valence-electron chi connectivity index (χ3n) is 5.56. The predicted octanol–water partition coefficient (Wildman–Crippen LogP) is 5.52. The van der Waals surface area contributed by atoms with Crippen molar-refractivity contribution in [3.8, 4) is 0 Å². The number of rotatable bonds is 3. The molecule has 0 atom stereocenters. The highest BCUT2D eigenvalue weighted by Gasteiger charge is 2.32. The molecular formula is C24H19F3N6. The Morgan fingerprint density at radius 2 is 1.76 bits per heavy atom. The summed E-state index contributed by atoms with van der Waals surface area (Å²) >= 11 is 0. The van der Waals surface area contributed by atoms with Crippen LogP contribution < -0.4 is 16.0 Å². The van der Waals surface area contributed by atoms with Crippen LogP contribution >= 0.6 is 0 Å². The number of nitrogens with one attached hydrogen (secondary N) is 1. The fraction of sp³-hybridized carbons (Fsp3) is 0.125. The lowest BCUT2D eigenvalue weighted by atomic mass is 10.0. The second-order valence-corrected chi connectivity index (χ2v) is 7.67. The minimum Gasteiger partial charge on any atom is -0.383 e. The van der Waals surface area contributed by atoms with Crippen molar-refractivity contribution < 1.29 is 13.2 Å². The lowest BCUT2D eigenvalue weighted by molar-refractivity contribution is -0.141. The van der Waals surface area contributed by atoms with Crippen molar-refractivity contribution in [2.45, 2.75) is 13.1 Å². The van der Waals surface area contributed by atoms with Crippen molar-refractivity contribution >= 4 is 39.5 Å². The Hall–Kier alpha value is -4.14. The van der Waals surface area contributed by atoms with Crippen LogP contribution in [0.5, 0.6) is 0 Å². The molecule has 3 heterocycles. The first kappa shape index (κ1) is 20.7. The number of hydrogen-bond donors (Lipinski definition) is 2. The zero-order valence-electron chi connectivity index (χ0n) is 17.6. The number of nitrogens with zero attached hydrogens (tertiary/aromatic N) is 4. The van der Waals surface area contributed by atoms with Gasteiger partial charge in [0.05, 0.1) is 11.4 Å². The summed E-state index contributed by atoms with van der Waals surface area (Å²) in [7, 11) is 0. The normalized spacial score (nSPS) is 13.6. The van der Waals surface area contributed by atoms with Gasteiger partial charge in [-0.3, -0.25) is 4.98 Å². The number of aromatic nitrogens is 2. The van der Waals surface area contributed by atoms with Crippen molar-refractivity contribution in [3.63, 3.8) is 0 Å². The molecule has 4 aromatic rings. The van der Waals surface area contributed by atoms with Gasteiger partial charge < -0.3 is 16.0 Å². The number of halogens is 3. The number of anilines is 4. The van der Waals surface area contributed by atoms with Gasteiger partial charge in [0.1, 0.15) is 24.0 Å². The molecule has 33 heavy (non-hydrogen) atoms. The van der Waals surface area contributed by atoms with Gasteiger partial charge in [-0.1, -0.05) is 24.3 Å². The predicted molar refractivity (Wildman–Crippen MR) is 123 cm³/mol. The monoisotopic (exact) mass is 448 g/mol. The molecule has 5 rings (SSSR count). The molecule has 0 amide bonds. The first-order valence-corrected chi connectivity index (χ1v) is 10.2. The number of benzene rings is 2. The molecule has 2 aromatic carbocycles. The number of alkyl halides is 3. The number of para-hydroxylation sites is 1. The van der Waals surface area contributed by atoms with Crippen LogP contribution in [-0.4, -0.2) is 22.5 Å². The van der Waals surface area contributed by atoms with Gasteiger partial charge in [0.15, 0.2) is 0 Å². The maximum atomic E-state index is 13.1. The van der Waals surface area contributed by atoms with Crippen molar-refractivity contribution in [2.24, 2.45) is 10.7 Å². The third-order valence-corrected chi connectivity index (χ3v) is 5.56. The number of aliphatic imine (C=N–C) groups is 1. The molecule has 2 aromatic heterocycles. The molecule has 166 valence electrons. The van der Waals surface area contributed by atoms with E-state index >= 15 is 0 Å². The largest absolute Gasteiger partial charge is 0.433 e. The van der Waals surface area contributed by atoms with E-state index in [0.29, 0.717) is 18.3 Å². The number of pyridine rings is 2. The fourth-order valence-electron chi connectivity index (χ4n) is 4.03. The van der Waals surface area contributed by atoms with Crippen LogP contribution in [0, 0.1) is 6.92 Å². The van der Waals surface area contributed by atoms with Gasteiger partial charge in [0, 0.05) is 34.4 Å². The molecule has 0 radical (unpaired) electrons. The maximum absolute atomic E-state index is 13.1. The molecule has 0 saturated heterocycles. The average molecular weight is 448 g/mol. The quantitative estimate of drug-likeness (QED) is 0.432. The van der Waals surface area contributed by atoms with E-state index in [1.807, 2.05) is 49.4 Å². The number of amidine groups is 1. The zero-order valence-corrected chi connectivity index (χ0v) is 17.6. The summed E-state index contributed by atoms with van der Waals surface area (Å²) in [5.74, 6) is 0.934. The van der Waals surface area contributed by atoms with E-state index in [1.165, 1.54) is 6.07 Å². The smallest absolute Gasteiger partial charge is 0.383 e. The molecule has 0 saturated carbocycles. The lowest BCUT2D eigenvalue weighted by Crippen LogP contribution is -2.29. The van der Waals surface area contributed by atoms with E-state index in [1.54, 1.807) is 6.20 Å². The van der Waals surface area contributed by atoms with Crippen molar-refractivity contribution in [3.05, 3.63) is 83.8 Å². The molecule has 3 N–H and O–H groups in total. The molecule has 0 spiro atoms. The molecular weight excluding hydrogens is 429 g/mol. The summed E-state index contributed by atoms with van der Waals surface area (Å²) in [6.45, 7) is 2.36. The Balaban J connectivity index is 1.62. The molecule has 6 nitrogen and oxygen atoms in total. The standard InChI is InChI=1S/C24H19F3N6/c1-14-6-7-17-16(21(14)33-13-31-22(28)18-4-2-3-5-19(18)33)9-11-30-23(17)32-15-8-10-29-20(12-15)24(25,26)27/h2-12H,13H2,1H3,(H2,28,31)(H,29,30,32). The first-order chi connectivity index (χ1) is 15.8. The highest BCUT2D eigenvalue weighted by Crippen LogP contribution is 2.40. The van der Waals surface area contributed by atoms with Crippen molar-refractivity contribution in [1.29, 1.82) is 0 Å². The topological polar surface area (TPSA) is 79.4 Å². The lowest BCUT2D eigenvalue weighted by Gasteiger charge is -2.31. The van der Waals surface area contributed by atoms with Gasteiger partial charge in [-0.15, -0.1) is 0 Å². The van der Waals surface area contributed by atoms with Gasteiger partial charge in [-0.2, -0.15) is 13.2 Å². The van der Waals surface area contributed by atoms with Crippen molar-refractivity contribution in [1.82, 2.24) is 9.97 Å². The highest BCUT2D eigenvalue weighted by molar-refractivity contribution is 6.08. The second-order valence-electron chi connectivity index (χ2n) is 7.67. The summed E-state index contributed by atoms with van der Waals surface area (Å²) in [4.78, 5) is 14.4. The fourth-order valence-corrected chi connectivity index (χ4v) is 4.03. The number of hydrogen-bond acceptors (Lipinski definition) is 6. The molecule has 0 unspecified atom stereocenters. The Bertz CT molecular complexity index is 1400. The molecule has 9 heteroatoms. The van der Waals surface area contributed by atoms with E-state index in [-0.39, 0.29) is 5.69 Å². The van der Waals surface area contributed by atoms with Crippen LogP contribution in [0.25, 0.3) is 10.8 Å². The minimum absolute atomic E-state index is 0.250. The summed E-state index contributed by atoms with van der Waals surface area (Å²) < 4.78 is 39.2. The average Bonchev–Trinajstić information content (AvgIpc) is 2.80. The summed E-state index contributed by atoms with van der Waals surface area (Å²) in [6.07, 6.45) is -1.77. The van der Waals surface area contributed by atoms with Gasteiger partial charge >= 0.3 is 6.18 Å². The maximum Gasteiger partial charge on any atom is 0.433 e. The third kappa shape index (κ3) is 3.71. The minimum atomic E-state index is -4.53. The zero-order chi connectivity index (χ0) is 23.2. The molecule has 1 aliphatic rings. The Labute approximate surface area is 187 Å². The van der Waals surface area contributed by atoms with E-state index in [0.717, 1.165) is 45.5 Å². The van der Waals surface area contributed by atoms with Crippen LogP contribution in [0.1, 0.15) is 16.8 Å². The first-order valence-electron chi connectivity index (χ1n) is 10.2. The van der Waals surface area contributed by atoms with Gasteiger partial charge in [0.25, 0.3) is 0 Å². The summed E-state index contributed by atoms with van der Waals surface area (Å²) in [5, 5.41) is 4.68. The van der Waals surface area contributed by atoms with Crippen LogP contribution in [0.3, 0.4) is 0 Å². The molecule has 0 fully saturated rings. The summed E-state index contributed by atoms with van der Waals surface area (Å²) in [6, 6.07) is 16.0. The van der Waals surface area contributed by atoms with Crippen LogP contribution in [0.15, 0.2) is 72.0 Å². The van der Waals surface area contributed by atoms with Crippen LogP contribution in [0.4, 0.5) is 36.1 Å². The van der Waals surface area contributed by atoms with Crippen LogP contribution in [-0.2, 0) is 6.18 Å². The van der Waals surface area contributed by atoms with E-state index in [4.69, 9.17) is 5.73 Å². The number of fused-ring (bicyclic) bond motifs is 2. The Kier molecular flexibility index (Phi) is 4.88. The van der Waals surface area contributed by atoms with E-state index in [9.17, 15) is 13.2 Å². The Morgan fingerprint density at radius 3 is 2.58 bits per heavy atom. The van der Waals surface area contributed by atoms with Crippen LogP contribution in [0.2, 0.25) is 0 Å². The van der Waals surface area contributed by atoms with E-state index < -0.39 is 11.9 Å². The van der Waals surface area contributed by atoms with Crippen molar-refractivity contribution in [2.75, 3.05) is 16.9 Å². The Morgan fingerprint density at radius 1 is 0.970 bits per heavy atom. The molecule has 0 bridgehead atoms. The number of nitrogens with two attached hydrogens (primary N) is 1. The molecule has 0 aliphatic carbocycles.